The fourth-order valence-corrected chi connectivity index (χ4v) is 2.78. The maximum Gasteiger partial charge on any atom is 0.0736 e. The second-order valence-electron chi connectivity index (χ2n) is 4.25. The van der Waals surface area contributed by atoms with Crippen LogP contribution in [0.4, 0.5) is 5.69 Å². The second-order valence-corrected chi connectivity index (χ2v) is 5.26. The third-order valence-corrected chi connectivity index (χ3v) is 4.46. The number of anilines is 1. The molecule has 0 saturated carbocycles. The zero-order valence-electron chi connectivity index (χ0n) is 10.3. The van der Waals surface area contributed by atoms with Crippen molar-refractivity contribution < 1.29 is 5.11 Å². The summed E-state index contributed by atoms with van der Waals surface area (Å²) in [6.07, 6.45) is 1.59. The van der Waals surface area contributed by atoms with Gasteiger partial charge in [-0.1, -0.05) is 13.8 Å². The highest BCUT2D eigenvalue weighted by molar-refractivity contribution is 7.99. The van der Waals surface area contributed by atoms with E-state index in [0.29, 0.717) is 0 Å². The van der Waals surface area contributed by atoms with Crippen LogP contribution in [0.1, 0.15) is 32.3 Å². The largest absolute Gasteiger partial charge is 0.399 e. The van der Waals surface area contributed by atoms with Crippen LogP contribution in [0.3, 0.4) is 0 Å². The quantitative estimate of drug-likeness (QED) is 0.612. The number of nitrogens with two attached hydrogens (primary N) is 1. The number of thioether (sulfide) groups is 1. The Kier molecular flexibility index (Phi) is 4.69. The summed E-state index contributed by atoms with van der Waals surface area (Å²) in [6.45, 7) is 6.11. The number of hydrogen-bond donors (Lipinski definition) is 2. The number of nitrogen functional groups attached to an aromatic ring is 1. The fraction of sp³-hybridized carbons (Fsp3) is 0.538. The molecule has 0 amide bonds. The lowest BCUT2D eigenvalue weighted by molar-refractivity contribution is 0.0572. The Labute approximate surface area is 102 Å². The van der Waals surface area contributed by atoms with Gasteiger partial charge in [0.25, 0.3) is 0 Å². The maximum atomic E-state index is 10.2. The van der Waals surface area contributed by atoms with Crippen molar-refractivity contribution in [1.82, 2.24) is 0 Å². The van der Waals surface area contributed by atoms with Gasteiger partial charge >= 0.3 is 0 Å². The lowest BCUT2D eigenvalue weighted by Gasteiger charge is -2.24. The molecule has 0 fully saturated rings. The molecule has 1 aromatic rings. The Morgan fingerprint density at radius 3 is 2.44 bits per heavy atom. The van der Waals surface area contributed by atoms with Crippen LogP contribution in [-0.4, -0.2) is 16.5 Å². The molecule has 0 bridgehead atoms. The summed E-state index contributed by atoms with van der Waals surface area (Å²) in [5, 5.41) is 10.2. The van der Waals surface area contributed by atoms with Crippen molar-refractivity contribution >= 4 is 17.4 Å². The number of aryl methyl sites for hydroxylation is 1. The number of rotatable bonds is 5. The molecule has 16 heavy (non-hydrogen) atoms. The number of benzene rings is 1. The van der Waals surface area contributed by atoms with Gasteiger partial charge in [0.2, 0.25) is 0 Å². The second kappa shape index (κ2) is 5.60. The monoisotopic (exact) mass is 239 g/mol. The van der Waals surface area contributed by atoms with Crippen molar-refractivity contribution in [3.63, 3.8) is 0 Å². The van der Waals surface area contributed by atoms with E-state index in [1.54, 1.807) is 11.8 Å². The van der Waals surface area contributed by atoms with E-state index in [1.807, 2.05) is 32.0 Å². The summed E-state index contributed by atoms with van der Waals surface area (Å²) in [5.41, 5.74) is 7.13. The molecule has 0 spiro atoms. The first-order chi connectivity index (χ1) is 7.50. The molecule has 0 aliphatic rings. The van der Waals surface area contributed by atoms with Gasteiger partial charge in [-0.05, 0) is 43.5 Å². The standard InChI is InChI=1S/C13H21NOS/c1-4-13(15,5-2)9-16-12-7-6-11(14)8-10(12)3/h6-8,15H,4-5,9,14H2,1-3H3. The van der Waals surface area contributed by atoms with Gasteiger partial charge in [0.15, 0.2) is 0 Å². The Balaban J connectivity index is 2.67. The molecule has 0 heterocycles. The van der Waals surface area contributed by atoms with Gasteiger partial charge in [0.1, 0.15) is 0 Å². The average molecular weight is 239 g/mol. The first-order valence-corrected chi connectivity index (χ1v) is 6.70. The molecule has 3 N–H and O–H groups in total. The number of aliphatic hydroxyl groups is 1. The molecule has 0 atom stereocenters. The first-order valence-electron chi connectivity index (χ1n) is 5.72. The maximum absolute atomic E-state index is 10.2. The molecule has 1 aromatic carbocycles. The normalized spacial score (nSPS) is 11.8. The highest BCUT2D eigenvalue weighted by Crippen LogP contribution is 2.29. The van der Waals surface area contributed by atoms with Gasteiger partial charge in [-0.2, -0.15) is 0 Å². The zero-order valence-corrected chi connectivity index (χ0v) is 11.1. The average Bonchev–Trinajstić information content (AvgIpc) is 2.27. The van der Waals surface area contributed by atoms with Gasteiger partial charge < -0.3 is 10.8 Å². The van der Waals surface area contributed by atoms with Gasteiger partial charge in [-0.15, -0.1) is 11.8 Å². The van der Waals surface area contributed by atoms with Gasteiger partial charge in [-0.3, -0.25) is 0 Å². The van der Waals surface area contributed by atoms with Crippen LogP contribution in [0.2, 0.25) is 0 Å². The van der Waals surface area contributed by atoms with Crippen LogP contribution in [0.5, 0.6) is 0 Å². The molecule has 0 radical (unpaired) electrons. The van der Waals surface area contributed by atoms with E-state index in [0.717, 1.165) is 24.3 Å². The van der Waals surface area contributed by atoms with Crippen molar-refractivity contribution in [2.45, 2.75) is 44.1 Å². The van der Waals surface area contributed by atoms with Crippen LogP contribution in [-0.2, 0) is 0 Å². The van der Waals surface area contributed by atoms with Crippen LogP contribution >= 0.6 is 11.8 Å². The molecule has 3 heteroatoms. The van der Waals surface area contributed by atoms with E-state index in [1.165, 1.54) is 10.5 Å². The summed E-state index contributed by atoms with van der Waals surface area (Å²) >= 11 is 1.71. The minimum atomic E-state index is -0.543. The van der Waals surface area contributed by atoms with Crippen LogP contribution in [0.25, 0.3) is 0 Å². The van der Waals surface area contributed by atoms with E-state index < -0.39 is 5.60 Å². The van der Waals surface area contributed by atoms with Gasteiger partial charge in [0, 0.05) is 16.3 Å². The summed E-state index contributed by atoms with van der Waals surface area (Å²) in [5.74, 6) is 0.741. The molecule has 90 valence electrons. The lowest BCUT2D eigenvalue weighted by atomic mass is 10.0. The molecule has 2 nitrogen and oxygen atoms in total. The highest BCUT2D eigenvalue weighted by Gasteiger charge is 2.22. The van der Waals surface area contributed by atoms with Crippen molar-refractivity contribution in [3.05, 3.63) is 23.8 Å². The SMILES string of the molecule is CCC(O)(CC)CSc1ccc(N)cc1C. The third-order valence-electron chi connectivity index (χ3n) is 3.01. The van der Waals surface area contributed by atoms with E-state index in [4.69, 9.17) is 5.73 Å². The van der Waals surface area contributed by atoms with E-state index >= 15 is 0 Å². The Morgan fingerprint density at radius 2 is 1.94 bits per heavy atom. The summed E-state index contributed by atoms with van der Waals surface area (Å²) < 4.78 is 0. The summed E-state index contributed by atoms with van der Waals surface area (Å²) in [7, 11) is 0. The Hall–Kier alpha value is -0.670. The molecule has 1 rings (SSSR count). The zero-order chi connectivity index (χ0) is 12.2. The molecular formula is C13H21NOS. The van der Waals surface area contributed by atoms with Crippen molar-refractivity contribution in [3.8, 4) is 0 Å². The van der Waals surface area contributed by atoms with Gasteiger partial charge in [0.05, 0.1) is 5.60 Å². The fourth-order valence-electron chi connectivity index (χ4n) is 1.50. The smallest absolute Gasteiger partial charge is 0.0736 e. The molecular weight excluding hydrogens is 218 g/mol. The molecule has 0 unspecified atom stereocenters. The van der Waals surface area contributed by atoms with E-state index in [-0.39, 0.29) is 0 Å². The van der Waals surface area contributed by atoms with E-state index in [9.17, 15) is 5.11 Å². The Morgan fingerprint density at radius 1 is 1.31 bits per heavy atom. The Bertz CT molecular complexity index is 348. The topological polar surface area (TPSA) is 46.2 Å². The van der Waals surface area contributed by atoms with Crippen molar-refractivity contribution in [2.75, 3.05) is 11.5 Å². The van der Waals surface area contributed by atoms with Crippen molar-refractivity contribution in [1.29, 1.82) is 0 Å². The van der Waals surface area contributed by atoms with Crippen LogP contribution < -0.4 is 5.73 Å². The first kappa shape index (κ1) is 13.4. The van der Waals surface area contributed by atoms with Crippen LogP contribution in [0, 0.1) is 6.92 Å². The van der Waals surface area contributed by atoms with Gasteiger partial charge in [-0.25, -0.2) is 0 Å². The predicted octanol–water partition coefficient (Wildman–Crippen LogP) is 3.22. The number of hydrogen-bond acceptors (Lipinski definition) is 3. The summed E-state index contributed by atoms with van der Waals surface area (Å²) in [6, 6.07) is 5.91. The van der Waals surface area contributed by atoms with Crippen molar-refractivity contribution in [2.24, 2.45) is 0 Å². The van der Waals surface area contributed by atoms with E-state index in [2.05, 4.69) is 6.92 Å². The minimum absolute atomic E-state index is 0.543. The molecule has 0 saturated heterocycles. The molecule has 0 aliphatic heterocycles. The highest BCUT2D eigenvalue weighted by atomic mass is 32.2. The van der Waals surface area contributed by atoms with Crippen LogP contribution in [0.15, 0.2) is 23.1 Å². The molecule has 0 aromatic heterocycles. The molecule has 0 aliphatic carbocycles. The predicted molar refractivity (Wildman–Crippen MR) is 71.8 cm³/mol. The summed E-state index contributed by atoms with van der Waals surface area (Å²) in [4.78, 5) is 1.20. The minimum Gasteiger partial charge on any atom is -0.399 e. The third kappa shape index (κ3) is 3.42. The lowest BCUT2D eigenvalue weighted by Crippen LogP contribution is -2.29.